The summed E-state index contributed by atoms with van der Waals surface area (Å²) in [6.45, 7) is 7.72. The van der Waals surface area contributed by atoms with Crippen LogP contribution in [-0.4, -0.2) is 17.0 Å². The van der Waals surface area contributed by atoms with Crippen molar-refractivity contribution in [3.8, 4) is 0 Å². The lowest BCUT2D eigenvalue weighted by atomic mass is 9.80. The molecular weight excluding hydrogens is 266 g/mol. The molecule has 0 heterocycles. The van der Waals surface area contributed by atoms with E-state index < -0.39 is 5.41 Å². The number of amides is 1. The zero-order valence-corrected chi connectivity index (χ0v) is 13.2. The largest absolute Gasteiger partial charge is 0.409 e. The Kier molecular flexibility index (Phi) is 5.76. The molecule has 1 amide bonds. The van der Waals surface area contributed by atoms with Crippen molar-refractivity contribution in [2.75, 3.05) is 5.32 Å². The molecule has 0 fully saturated rings. The third-order valence-electron chi connectivity index (χ3n) is 4.22. The van der Waals surface area contributed by atoms with Gasteiger partial charge < -0.3 is 16.3 Å². The van der Waals surface area contributed by atoms with E-state index in [0.29, 0.717) is 12.8 Å². The van der Waals surface area contributed by atoms with E-state index in [1.54, 1.807) is 0 Å². The number of hydrogen-bond acceptors (Lipinski definition) is 3. The Morgan fingerprint density at radius 1 is 1.33 bits per heavy atom. The molecule has 1 aromatic carbocycles. The summed E-state index contributed by atoms with van der Waals surface area (Å²) in [5.41, 5.74) is 7.69. The Morgan fingerprint density at radius 2 is 1.95 bits per heavy atom. The van der Waals surface area contributed by atoms with Crippen LogP contribution in [0.4, 0.5) is 5.69 Å². The van der Waals surface area contributed by atoms with Crippen molar-refractivity contribution in [2.45, 2.75) is 47.0 Å². The van der Waals surface area contributed by atoms with Crippen molar-refractivity contribution >= 4 is 17.4 Å². The van der Waals surface area contributed by atoms with E-state index in [9.17, 15) is 4.79 Å². The van der Waals surface area contributed by atoms with Gasteiger partial charge in [0.25, 0.3) is 0 Å². The third-order valence-corrected chi connectivity index (χ3v) is 4.22. The molecule has 0 spiro atoms. The van der Waals surface area contributed by atoms with Gasteiger partial charge in [0.1, 0.15) is 5.41 Å². The summed E-state index contributed by atoms with van der Waals surface area (Å²) in [6.07, 6.45) is 1.77. The first kappa shape index (κ1) is 17.0. The zero-order valence-electron chi connectivity index (χ0n) is 13.2. The summed E-state index contributed by atoms with van der Waals surface area (Å²) < 4.78 is 0. The summed E-state index contributed by atoms with van der Waals surface area (Å²) in [7, 11) is 0. The van der Waals surface area contributed by atoms with Crippen LogP contribution in [0.15, 0.2) is 23.4 Å². The van der Waals surface area contributed by atoms with Crippen LogP contribution in [0.3, 0.4) is 0 Å². The number of anilines is 1. The Morgan fingerprint density at radius 3 is 2.43 bits per heavy atom. The molecule has 0 unspecified atom stereocenters. The van der Waals surface area contributed by atoms with Crippen molar-refractivity contribution in [1.29, 1.82) is 0 Å². The number of nitrogens with zero attached hydrogens (tertiary/aromatic N) is 1. The van der Waals surface area contributed by atoms with Crippen LogP contribution >= 0.6 is 0 Å². The quantitative estimate of drug-likeness (QED) is 0.326. The van der Waals surface area contributed by atoms with Gasteiger partial charge >= 0.3 is 0 Å². The molecule has 0 saturated heterocycles. The topological polar surface area (TPSA) is 87.7 Å². The highest BCUT2D eigenvalue weighted by Gasteiger charge is 2.40. The first-order chi connectivity index (χ1) is 9.96. The van der Waals surface area contributed by atoms with Crippen LogP contribution < -0.4 is 11.1 Å². The van der Waals surface area contributed by atoms with Gasteiger partial charge in [-0.15, -0.1) is 0 Å². The van der Waals surface area contributed by atoms with Gasteiger partial charge in [-0.05, 0) is 37.3 Å². The predicted molar refractivity (Wildman–Crippen MR) is 85.6 cm³/mol. The monoisotopic (exact) mass is 291 g/mol. The third kappa shape index (κ3) is 3.17. The maximum atomic E-state index is 12.7. The average molecular weight is 291 g/mol. The van der Waals surface area contributed by atoms with Gasteiger partial charge in [0, 0.05) is 5.69 Å². The summed E-state index contributed by atoms with van der Waals surface area (Å²) in [4.78, 5) is 12.7. The number of amidine groups is 1. The molecule has 116 valence electrons. The number of carbonyl (C=O) groups excluding carboxylic acids is 1. The number of oxime groups is 1. The molecule has 0 aliphatic heterocycles. The van der Waals surface area contributed by atoms with Crippen LogP contribution in [0.25, 0.3) is 0 Å². The van der Waals surface area contributed by atoms with Crippen LogP contribution in [0, 0.1) is 12.3 Å². The lowest BCUT2D eigenvalue weighted by molar-refractivity contribution is -0.122. The standard InChI is InChI=1S/C16H25N3O2/c1-5-12-10-8-9-11(4)13(12)18-15(20)16(6-2,7-3)14(17)19-21/h8-10,21H,5-7H2,1-4H3,(H2,17,19)(H,18,20). The van der Waals surface area contributed by atoms with E-state index in [1.807, 2.05) is 45.9 Å². The normalized spacial score (nSPS) is 12.3. The molecule has 4 N–H and O–H groups in total. The van der Waals surface area contributed by atoms with E-state index in [1.165, 1.54) is 0 Å². The Bertz CT molecular complexity index is 534. The van der Waals surface area contributed by atoms with Gasteiger partial charge in [-0.3, -0.25) is 4.79 Å². The van der Waals surface area contributed by atoms with E-state index >= 15 is 0 Å². The second-order valence-corrected chi connectivity index (χ2v) is 5.19. The Hall–Kier alpha value is -2.04. The number of hydrogen-bond donors (Lipinski definition) is 3. The molecule has 0 atom stereocenters. The van der Waals surface area contributed by atoms with Crippen LogP contribution in [0.2, 0.25) is 0 Å². The minimum atomic E-state index is -0.984. The molecular formula is C16H25N3O2. The highest BCUT2D eigenvalue weighted by molar-refractivity contribution is 6.12. The maximum Gasteiger partial charge on any atom is 0.238 e. The van der Waals surface area contributed by atoms with Crippen molar-refractivity contribution in [3.63, 3.8) is 0 Å². The first-order valence-corrected chi connectivity index (χ1v) is 7.34. The fourth-order valence-electron chi connectivity index (χ4n) is 2.58. The number of para-hydroxylation sites is 1. The van der Waals surface area contributed by atoms with E-state index in [0.717, 1.165) is 23.2 Å². The van der Waals surface area contributed by atoms with Crippen LogP contribution in [0.5, 0.6) is 0 Å². The number of carbonyl (C=O) groups is 1. The summed E-state index contributed by atoms with van der Waals surface area (Å²) >= 11 is 0. The predicted octanol–water partition coefficient (Wildman–Crippen LogP) is 3.05. The molecule has 0 aliphatic rings. The highest BCUT2D eigenvalue weighted by Crippen LogP contribution is 2.30. The van der Waals surface area contributed by atoms with Crippen molar-refractivity contribution in [3.05, 3.63) is 29.3 Å². The maximum absolute atomic E-state index is 12.7. The molecule has 5 heteroatoms. The molecule has 5 nitrogen and oxygen atoms in total. The Balaban J connectivity index is 3.20. The molecule has 1 aromatic rings. The van der Waals surface area contributed by atoms with Gasteiger partial charge in [-0.2, -0.15) is 0 Å². The van der Waals surface area contributed by atoms with Crippen molar-refractivity contribution in [2.24, 2.45) is 16.3 Å². The zero-order chi connectivity index (χ0) is 16.0. The van der Waals surface area contributed by atoms with Gasteiger partial charge in [-0.1, -0.05) is 44.1 Å². The number of nitrogens with two attached hydrogens (primary N) is 1. The number of nitrogens with one attached hydrogen (secondary N) is 1. The number of aryl methyl sites for hydroxylation is 2. The highest BCUT2D eigenvalue weighted by atomic mass is 16.4. The molecule has 0 aliphatic carbocycles. The van der Waals surface area contributed by atoms with Crippen LogP contribution in [-0.2, 0) is 11.2 Å². The molecule has 1 rings (SSSR count). The molecule has 21 heavy (non-hydrogen) atoms. The molecule has 0 aromatic heterocycles. The van der Waals surface area contributed by atoms with E-state index in [2.05, 4.69) is 10.5 Å². The van der Waals surface area contributed by atoms with Gasteiger partial charge in [0.2, 0.25) is 5.91 Å². The number of rotatable bonds is 6. The van der Waals surface area contributed by atoms with Crippen LogP contribution in [0.1, 0.15) is 44.7 Å². The second kappa shape index (κ2) is 7.11. The van der Waals surface area contributed by atoms with Crippen molar-refractivity contribution in [1.82, 2.24) is 0 Å². The van der Waals surface area contributed by atoms with Gasteiger partial charge in [0.15, 0.2) is 5.84 Å². The summed E-state index contributed by atoms with van der Waals surface area (Å²) in [6, 6.07) is 5.92. The number of benzene rings is 1. The first-order valence-electron chi connectivity index (χ1n) is 7.34. The fourth-order valence-corrected chi connectivity index (χ4v) is 2.58. The minimum Gasteiger partial charge on any atom is -0.409 e. The molecule has 0 saturated carbocycles. The van der Waals surface area contributed by atoms with E-state index in [-0.39, 0.29) is 11.7 Å². The lowest BCUT2D eigenvalue weighted by Gasteiger charge is -2.29. The van der Waals surface area contributed by atoms with Crippen molar-refractivity contribution < 1.29 is 10.0 Å². The summed E-state index contributed by atoms with van der Waals surface area (Å²) in [5.74, 6) is -0.275. The molecule has 0 bridgehead atoms. The molecule has 0 radical (unpaired) electrons. The average Bonchev–Trinajstić information content (AvgIpc) is 2.50. The minimum absolute atomic E-state index is 0.0448. The van der Waals surface area contributed by atoms with Gasteiger partial charge in [-0.25, -0.2) is 0 Å². The Labute approximate surface area is 126 Å². The second-order valence-electron chi connectivity index (χ2n) is 5.19. The van der Waals surface area contributed by atoms with E-state index in [4.69, 9.17) is 10.9 Å². The fraction of sp³-hybridized carbons (Fsp3) is 0.500. The smallest absolute Gasteiger partial charge is 0.238 e. The lowest BCUT2D eigenvalue weighted by Crippen LogP contribution is -2.46. The van der Waals surface area contributed by atoms with Gasteiger partial charge in [0.05, 0.1) is 0 Å². The SMILES string of the molecule is CCc1cccc(C)c1NC(=O)C(CC)(CC)C(N)=NO. The summed E-state index contributed by atoms with van der Waals surface area (Å²) in [5, 5.41) is 15.0.